The fourth-order valence-corrected chi connectivity index (χ4v) is 2.31. The molecule has 0 saturated carbocycles. The van der Waals surface area contributed by atoms with Crippen LogP contribution < -0.4 is 11.1 Å². The number of hydrogen-bond donors (Lipinski definition) is 2. The molecule has 1 aromatic carbocycles. The molecule has 1 heterocycles. The number of aromatic nitrogens is 1. The van der Waals surface area contributed by atoms with Gasteiger partial charge in [0.1, 0.15) is 0 Å². The lowest BCUT2D eigenvalue weighted by Crippen LogP contribution is -2.06. The van der Waals surface area contributed by atoms with E-state index in [2.05, 4.69) is 46.7 Å². The quantitative estimate of drug-likeness (QED) is 0.884. The summed E-state index contributed by atoms with van der Waals surface area (Å²) in [6, 6.07) is 14.1. The molecular formula is C17H17N3. The van der Waals surface area contributed by atoms with Gasteiger partial charge in [-0.2, -0.15) is 0 Å². The van der Waals surface area contributed by atoms with Crippen LogP contribution in [0.3, 0.4) is 0 Å². The smallest absolute Gasteiger partial charge is 0.153 e. The van der Waals surface area contributed by atoms with Gasteiger partial charge in [-0.15, -0.1) is 0 Å². The third-order valence-corrected chi connectivity index (χ3v) is 3.33. The van der Waals surface area contributed by atoms with Gasteiger partial charge in [-0.25, -0.2) is 4.98 Å². The van der Waals surface area contributed by atoms with Crippen molar-refractivity contribution in [3.05, 3.63) is 72.1 Å². The van der Waals surface area contributed by atoms with E-state index in [1.807, 2.05) is 18.2 Å². The molecule has 3 nitrogen and oxygen atoms in total. The molecule has 0 unspecified atom stereocenters. The second-order valence-corrected chi connectivity index (χ2v) is 4.80. The third-order valence-electron chi connectivity index (χ3n) is 3.33. The maximum Gasteiger partial charge on any atom is 0.153 e. The normalized spacial score (nSPS) is 14.4. The third kappa shape index (κ3) is 2.72. The Morgan fingerprint density at radius 3 is 2.70 bits per heavy atom. The first kappa shape index (κ1) is 12.5. The Labute approximate surface area is 118 Å². The number of rotatable bonds is 3. The van der Waals surface area contributed by atoms with Crippen molar-refractivity contribution in [3.8, 4) is 0 Å². The van der Waals surface area contributed by atoms with Gasteiger partial charge in [0.05, 0.1) is 5.69 Å². The first-order valence-electron chi connectivity index (χ1n) is 6.76. The molecule has 0 bridgehead atoms. The summed E-state index contributed by atoms with van der Waals surface area (Å²) in [6.07, 6.45) is 8.19. The molecule has 0 spiro atoms. The number of nitrogens with one attached hydrogen (secondary N) is 1. The van der Waals surface area contributed by atoms with Gasteiger partial charge in [0.15, 0.2) is 5.82 Å². The van der Waals surface area contributed by atoms with E-state index in [-0.39, 0.29) is 0 Å². The second-order valence-electron chi connectivity index (χ2n) is 4.80. The van der Waals surface area contributed by atoms with Crippen molar-refractivity contribution in [1.29, 1.82) is 0 Å². The van der Waals surface area contributed by atoms with Crippen LogP contribution in [-0.4, -0.2) is 4.98 Å². The molecule has 0 radical (unpaired) electrons. The number of benzene rings is 1. The Morgan fingerprint density at radius 2 is 1.90 bits per heavy atom. The molecule has 0 atom stereocenters. The highest BCUT2D eigenvalue weighted by Gasteiger charge is 2.09. The summed E-state index contributed by atoms with van der Waals surface area (Å²) >= 11 is 0. The summed E-state index contributed by atoms with van der Waals surface area (Å²) in [5.41, 5.74) is 10.2. The summed E-state index contributed by atoms with van der Waals surface area (Å²) in [5.74, 6) is 0.730. The van der Waals surface area contributed by atoms with E-state index in [1.54, 1.807) is 6.20 Å². The van der Waals surface area contributed by atoms with Gasteiger partial charge in [0, 0.05) is 11.9 Å². The molecule has 3 rings (SSSR count). The lowest BCUT2D eigenvalue weighted by atomic mass is 9.98. The summed E-state index contributed by atoms with van der Waals surface area (Å²) in [6.45, 7) is 0. The number of pyridine rings is 1. The van der Waals surface area contributed by atoms with Crippen LogP contribution in [-0.2, 0) is 0 Å². The molecule has 100 valence electrons. The largest absolute Gasteiger partial charge is 0.396 e. The van der Waals surface area contributed by atoms with Crippen LogP contribution in [0, 0.1) is 0 Å². The number of allylic oxidation sites excluding steroid dienone is 4. The number of nitrogen functional groups attached to an aromatic ring is 1. The van der Waals surface area contributed by atoms with E-state index < -0.39 is 0 Å². The number of anilines is 2. The van der Waals surface area contributed by atoms with Crippen LogP contribution in [0.4, 0.5) is 11.5 Å². The highest BCUT2D eigenvalue weighted by Crippen LogP contribution is 2.26. The van der Waals surface area contributed by atoms with Gasteiger partial charge in [-0.3, -0.25) is 0 Å². The SMILES string of the molecule is Nc1cccnc1NC1=CC(c2ccccc2)=CCC1. The molecule has 20 heavy (non-hydrogen) atoms. The minimum Gasteiger partial charge on any atom is -0.396 e. The molecule has 0 saturated heterocycles. The molecule has 1 aliphatic carbocycles. The highest BCUT2D eigenvalue weighted by molar-refractivity contribution is 5.77. The average molecular weight is 263 g/mol. The number of hydrogen-bond acceptors (Lipinski definition) is 3. The van der Waals surface area contributed by atoms with Crippen molar-refractivity contribution in [2.24, 2.45) is 0 Å². The molecule has 2 aromatic rings. The van der Waals surface area contributed by atoms with E-state index >= 15 is 0 Å². The van der Waals surface area contributed by atoms with Gasteiger partial charge in [0.25, 0.3) is 0 Å². The van der Waals surface area contributed by atoms with Crippen LogP contribution in [0.5, 0.6) is 0 Å². The first-order valence-corrected chi connectivity index (χ1v) is 6.76. The van der Waals surface area contributed by atoms with E-state index in [0.717, 1.165) is 24.4 Å². The van der Waals surface area contributed by atoms with Crippen LogP contribution in [0.1, 0.15) is 18.4 Å². The van der Waals surface area contributed by atoms with Crippen LogP contribution >= 0.6 is 0 Å². The fourth-order valence-electron chi connectivity index (χ4n) is 2.31. The van der Waals surface area contributed by atoms with Crippen molar-refractivity contribution in [2.75, 3.05) is 11.1 Å². The van der Waals surface area contributed by atoms with Gasteiger partial charge < -0.3 is 11.1 Å². The standard InChI is InChI=1S/C17H17N3/c18-16-10-5-11-19-17(16)20-15-9-4-8-14(12-15)13-6-2-1-3-7-13/h1-3,5-8,10-12H,4,9,18H2,(H,19,20). The van der Waals surface area contributed by atoms with Crippen molar-refractivity contribution in [2.45, 2.75) is 12.8 Å². The second kappa shape index (κ2) is 5.61. The van der Waals surface area contributed by atoms with E-state index in [4.69, 9.17) is 5.73 Å². The predicted octanol–water partition coefficient (Wildman–Crippen LogP) is 3.84. The predicted molar refractivity (Wildman–Crippen MR) is 84.0 cm³/mol. The van der Waals surface area contributed by atoms with E-state index in [9.17, 15) is 0 Å². The minimum absolute atomic E-state index is 0.671. The summed E-state index contributed by atoms with van der Waals surface area (Å²) < 4.78 is 0. The molecule has 1 aliphatic rings. The summed E-state index contributed by atoms with van der Waals surface area (Å²) in [5, 5.41) is 3.33. The summed E-state index contributed by atoms with van der Waals surface area (Å²) in [7, 11) is 0. The zero-order valence-corrected chi connectivity index (χ0v) is 11.2. The monoisotopic (exact) mass is 263 g/mol. The molecule has 3 N–H and O–H groups in total. The molecule has 3 heteroatoms. The van der Waals surface area contributed by atoms with Crippen LogP contribution in [0.2, 0.25) is 0 Å². The summed E-state index contributed by atoms with van der Waals surface area (Å²) in [4.78, 5) is 4.27. The van der Waals surface area contributed by atoms with Gasteiger partial charge in [-0.05, 0) is 42.2 Å². The van der Waals surface area contributed by atoms with Crippen molar-refractivity contribution in [1.82, 2.24) is 4.98 Å². The Morgan fingerprint density at radius 1 is 1.05 bits per heavy atom. The highest BCUT2D eigenvalue weighted by atomic mass is 15.0. The van der Waals surface area contributed by atoms with E-state index in [0.29, 0.717) is 5.69 Å². The Balaban J connectivity index is 1.83. The fraction of sp³-hybridized carbons (Fsp3) is 0.118. The van der Waals surface area contributed by atoms with Crippen LogP contribution in [0.15, 0.2) is 66.5 Å². The van der Waals surface area contributed by atoms with Crippen LogP contribution in [0.25, 0.3) is 5.57 Å². The number of nitrogens with zero attached hydrogens (tertiary/aromatic N) is 1. The lowest BCUT2D eigenvalue weighted by molar-refractivity contribution is 0.966. The Hall–Kier alpha value is -2.55. The van der Waals surface area contributed by atoms with Gasteiger partial charge >= 0.3 is 0 Å². The van der Waals surface area contributed by atoms with Crippen molar-refractivity contribution >= 4 is 17.1 Å². The van der Waals surface area contributed by atoms with Gasteiger partial charge in [-0.1, -0.05) is 36.4 Å². The van der Waals surface area contributed by atoms with Crippen molar-refractivity contribution < 1.29 is 0 Å². The van der Waals surface area contributed by atoms with Gasteiger partial charge in [0.2, 0.25) is 0 Å². The Bertz CT molecular complexity index is 657. The molecule has 0 fully saturated rings. The van der Waals surface area contributed by atoms with Crippen molar-refractivity contribution in [3.63, 3.8) is 0 Å². The maximum absolute atomic E-state index is 5.92. The molecule has 0 aliphatic heterocycles. The topological polar surface area (TPSA) is 50.9 Å². The molecule has 0 amide bonds. The zero-order valence-electron chi connectivity index (χ0n) is 11.2. The first-order chi connectivity index (χ1) is 9.83. The number of nitrogens with two attached hydrogens (primary N) is 1. The maximum atomic E-state index is 5.92. The van der Waals surface area contributed by atoms with E-state index in [1.165, 1.54) is 11.1 Å². The lowest BCUT2D eigenvalue weighted by Gasteiger charge is -2.16. The molecule has 1 aromatic heterocycles. The molecular weight excluding hydrogens is 246 g/mol. The zero-order chi connectivity index (χ0) is 13.8. The Kier molecular flexibility index (Phi) is 3.50. The average Bonchev–Trinajstić information content (AvgIpc) is 2.51. The minimum atomic E-state index is 0.671.